The molecule has 2 aromatic carbocycles. The van der Waals surface area contributed by atoms with Crippen molar-refractivity contribution in [2.45, 2.75) is 13.0 Å². The second-order valence-electron chi connectivity index (χ2n) is 5.65. The average molecular weight is 353 g/mol. The molecule has 0 aliphatic carbocycles. The Bertz CT molecular complexity index is 816. The Hall–Kier alpha value is -3.28. The van der Waals surface area contributed by atoms with Gasteiger partial charge in [0.25, 0.3) is 5.91 Å². The number of amides is 1. The minimum Gasteiger partial charge on any atom is -0.493 e. The van der Waals surface area contributed by atoms with Gasteiger partial charge in [-0.1, -0.05) is 48.5 Å². The molecule has 0 radical (unpaired) electrons. The number of carbonyl (C=O) groups is 2. The van der Waals surface area contributed by atoms with E-state index >= 15 is 0 Å². The van der Waals surface area contributed by atoms with E-state index in [1.807, 2.05) is 48.5 Å². The molecule has 0 unspecified atom stereocenters. The monoisotopic (exact) mass is 353 g/mol. The normalized spacial score (nSPS) is 14.3. The lowest BCUT2D eigenvalue weighted by Gasteiger charge is -2.18. The second kappa shape index (κ2) is 8.20. The van der Waals surface area contributed by atoms with Crippen molar-refractivity contribution in [1.82, 2.24) is 0 Å². The van der Waals surface area contributed by atoms with Gasteiger partial charge in [0.1, 0.15) is 19.5 Å². The summed E-state index contributed by atoms with van der Waals surface area (Å²) >= 11 is 0. The molecular weight excluding hydrogens is 334 g/mol. The summed E-state index contributed by atoms with van der Waals surface area (Å²) in [6, 6.07) is 17.2. The SMILES string of the molecule is C[C@@H](OC(=O)C1=COCCO1)C(=O)Nc1ccccc1-c1ccccc1. The zero-order valence-electron chi connectivity index (χ0n) is 14.3. The summed E-state index contributed by atoms with van der Waals surface area (Å²) in [7, 11) is 0. The Labute approximate surface area is 151 Å². The Morgan fingerprint density at radius 3 is 2.50 bits per heavy atom. The molecule has 0 fully saturated rings. The zero-order valence-corrected chi connectivity index (χ0v) is 14.3. The van der Waals surface area contributed by atoms with Gasteiger partial charge in [-0.25, -0.2) is 4.79 Å². The minimum absolute atomic E-state index is 0.0411. The molecule has 1 aliphatic heterocycles. The fourth-order valence-corrected chi connectivity index (χ4v) is 2.44. The summed E-state index contributed by atoms with van der Waals surface area (Å²) in [6.07, 6.45) is 0.207. The summed E-state index contributed by atoms with van der Waals surface area (Å²) < 4.78 is 15.3. The number of hydrogen-bond donors (Lipinski definition) is 1. The molecule has 6 heteroatoms. The smallest absolute Gasteiger partial charge is 0.377 e. The van der Waals surface area contributed by atoms with Crippen LogP contribution in [0, 0.1) is 0 Å². The summed E-state index contributed by atoms with van der Waals surface area (Å²) in [4.78, 5) is 24.4. The summed E-state index contributed by atoms with van der Waals surface area (Å²) in [6.45, 7) is 2.15. The van der Waals surface area contributed by atoms with Crippen LogP contribution in [0.4, 0.5) is 5.69 Å². The highest BCUT2D eigenvalue weighted by atomic mass is 16.6. The zero-order chi connectivity index (χ0) is 18.4. The highest BCUT2D eigenvalue weighted by Crippen LogP contribution is 2.27. The van der Waals surface area contributed by atoms with Gasteiger partial charge in [0, 0.05) is 11.3 Å². The van der Waals surface area contributed by atoms with Gasteiger partial charge in [-0.15, -0.1) is 0 Å². The molecule has 134 valence electrons. The average Bonchev–Trinajstić information content (AvgIpc) is 2.69. The maximum absolute atomic E-state index is 12.4. The second-order valence-corrected chi connectivity index (χ2v) is 5.65. The molecule has 1 atom stereocenters. The third kappa shape index (κ3) is 4.22. The molecule has 0 spiro atoms. The highest BCUT2D eigenvalue weighted by Gasteiger charge is 2.23. The van der Waals surface area contributed by atoms with E-state index in [4.69, 9.17) is 14.2 Å². The van der Waals surface area contributed by atoms with E-state index in [2.05, 4.69) is 5.32 Å². The largest absolute Gasteiger partial charge is 0.493 e. The van der Waals surface area contributed by atoms with Crippen molar-refractivity contribution in [3.05, 3.63) is 66.6 Å². The van der Waals surface area contributed by atoms with Crippen LogP contribution >= 0.6 is 0 Å². The van der Waals surface area contributed by atoms with Crippen LogP contribution < -0.4 is 5.32 Å². The Kier molecular flexibility index (Phi) is 5.53. The van der Waals surface area contributed by atoms with Crippen LogP contribution in [0.2, 0.25) is 0 Å². The number of rotatable bonds is 5. The first-order valence-electron chi connectivity index (χ1n) is 8.26. The minimum atomic E-state index is -0.988. The molecule has 1 aliphatic rings. The van der Waals surface area contributed by atoms with Gasteiger partial charge in [0.2, 0.25) is 5.76 Å². The summed E-state index contributed by atoms with van der Waals surface area (Å²) in [5.41, 5.74) is 2.50. The fourth-order valence-electron chi connectivity index (χ4n) is 2.44. The maximum atomic E-state index is 12.4. The van der Waals surface area contributed by atoms with E-state index in [0.29, 0.717) is 12.3 Å². The molecule has 6 nitrogen and oxygen atoms in total. The number of benzene rings is 2. The van der Waals surface area contributed by atoms with Gasteiger partial charge in [-0.3, -0.25) is 4.79 Å². The van der Waals surface area contributed by atoms with Gasteiger partial charge in [-0.2, -0.15) is 0 Å². The number of hydrogen-bond acceptors (Lipinski definition) is 5. The van der Waals surface area contributed by atoms with E-state index in [9.17, 15) is 9.59 Å². The quantitative estimate of drug-likeness (QED) is 0.836. The molecule has 0 aromatic heterocycles. The van der Waals surface area contributed by atoms with Crippen LogP contribution in [0.3, 0.4) is 0 Å². The van der Waals surface area contributed by atoms with E-state index < -0.39 is 18.0 Å². The maximum Gasteiger partial charge on any atom is 0.377 e. The number of ether oxygens (including phenoxy) is 3. The van der Waals surface area contributed by atoms with Crippen molar-refractivity contribution in [2.24, 2.45) is 0 Å². The van der Waals surface area contributed by atoms with Crippen LogP contribution in [0.5, 0.6) is 0 Å². The van der Waals surface area contributed by atoms with Gasteiger partial charge in [-0.05, 0) is 18.6 Å². The first-order valence-corrected chi connectivity index (χ1v) is 8.26. The molecule has 1 amide bonds. The lowest BCUT2D eigenvalue weighted by atomic mass is 10.0. The first-order chi connectivity index (χ1) is 12.6. The Morgan fingerprint density at radius 2 is 1.77 bits per heavy atom. The predicted octanol–water partition coefficient (Wildman–Crippen LogP) is 3.11. The van der Waals surface area contributed by atoms with Gasteiger partial charge < -0.3 is 19.5 Å². The van der Waals surface area contributed by atoms with Crippen LogP contribution in [0.25, 0.3) is 11.1 Å². The molecule has 26 heavy (non-hydrogen) atoms. The highest BCUT2D eigenvalue weighted by molar-refractivity contribution is 5.99. The molecule has 0 saturated heterocycles. The van der Waals surface area contributed by atoms with E-state index in [-0.39, 0.29) is 12.4 Å². The molecule has 2 aromatic rings. The molecule has 1 heterocycles. The van der Waals surface area contributed by atoms with Crippen LogP contribution in [-0.4, -0.2) is 31.2 Å². The van der Waals surface area contributed by atoms with Crippen LogP contribution in [0.1, 0.15) is 6.92 Å². The van der Waals surface area contributed by atoms with Gasteiger partial charge in [0.15, 0.2) is 6.10 Å². The topological polar surface area (TPSA) is 73.9 Å². The van der Waals surface area contributed by atoms with E-state index in [0.717, 1.165) is 11.1 Å². The Balaban J connectivity index is 1.68. The predicted molar refractivity (Wildman–Crippen MR) is 96.0 cm³/mol. The molecule has 0 bridgehead atoms. The van der Waals surface area contributed by atoms with Gasteiger partial charge in [0.05, 0.1) is 0 Å². The van der Waals surface area contributed by atoms with E-state index in [1.165, 1.54) is 13.2 Å². The van der Waals surface area contributed by atoms with Crippen molar-refractivity contribution >= 4 is 17.6 Å². The van der Waals surface area contributed by atoms with Crippen LogP contribution in [0.15, 0.2) is 66.6 Å². The number of carbonyl (C=O) groups excluding carboxylic acids is 2. The lowest BCUT2D eigenvalue weighted by Crippen LogP contribution is -2.31. The van der Waals surface area contributed by atoms with Crippen molar-refractivity contribution < 1.29 is 23.8 Å². The van der Waals surface area contributed by atoms with Crippen molar-refractivity contribution in [1.29, 1.82) is 0 Å². The molecular formula is C20H19NO5. The van der Waals surface area contributed by atoms with Crippen LogP contribution in [-0.2, 0) is 23.8 Å². The molecule has 0 saturated carbocycles. The number of para-hydroxylation sites is 1. The molecule has 3 rings (SSSR count). The fraction of sp³-hybridized carbons (Fsp3) is 0.200. The summed E-state index contributed by atoms with van der Waals surface area (Å²) in [5.74, 6) is -1.21. The van der Waals surface area contributed by atoms with Crippen molar-refractivity contribution in [3.63, 3.8) is 0 Å². The lowest BCUT2D eigenvalue weighted by molar-refractivity contribution is -0.153. The van der Waals surface area contributed by atoms with E-state index in [1.54, 1.807) is 6.07 Å². The van der Waals surface area contributed by atoms with Crippen molar-refractivity contribution in [3.8, 4) is 11.1 Å². The number of nitrogens with one attached hydrogen (secondary N) is 1. The van der Waals surface area contributed by atoms with Gasteiger partial charge >= 0.3 is 5.97 Å². The number of esters is 1. The molecule has 1 N–H and O–H groups in total. The number of anilines is 1. The standard InChI is InChI=1S/C20H19NO5/c1-14(26-20(23)18-13-24-11-12-25-18)19(22)21-17-10-6-5-9-16(17)15-7-3-2-4-8-15/h2-10,13-14H,11-12H2,1H3,(H,21,22)/t14-/m1/s1. The third-order valence-electron chi connectivity index (χ3n) is 3.77. The first kappa shape index (κ1) is 17.5. The third-order valence-corrected chi connectivity index (χ3v) is 3.77. The summed E-state index contributed by atoms with van der Waals surface area (Å²) in [5, 5.41) is 2.81. The van der Waals surface area contributed by atoms with Crippen molar-refractivity contribution in [2.75, 3.05) is 18.5 Å². The Morgan fingerprint density at radius 1 is 1.04 bits per heavy atom.